The summed E-state index contributed by atoms with van der Waals surface area (Å²) >= 11 is 3.48. The molecule has 6 heteroatoms. The molecule has 0 atom stereocenters. The molecule has 118 valence electrons. The summed E-state index contributed by atoms with van der Waals surface area (Å²) in [7, 11) is 0. The monoisotopic (exact) mass is 381 g/mol. The average molecular weight is 382 g/mol. The van der Waals surface area contributed by atoms with E-state index in [-0.39, 0.29) is 5.75 Å². The number of rotatable bonds is 3. The van der Waals surface area contributed by atoms with E-state index in [4.69, 9.17) is 4.42 Å². The van der Waals surface area contributed by atoms with Gasteiger partial charge in [0.2, 0.25) is 0 Å². The second-order valence-electron chi connectivity index (χ2n) is 5.19. The molecule has 5 nitrogen and oxygen atoms in total. The maximum absolute atomic E-state index is 9.37. The van der Waals surface area contributed by atoms with Gasteiger partial charge in [0, 0.05) is 16.9 Å². The van der Waals surface area contributed by atoms with Crippen molar-refractivity contribution in [3.8, 4) is 17.2 Å². The van der Waals surface area contributed by atoms with Crippen LogP contribution in [0, 0.1) is 0 Å². The van der Waals surface area contributed by atoms with Crippen molar-refractivity contribution in [3.05, 3.63) is 71.0 Å². The Hall–Kier alpha value is -2.86. The van der Waals surface area contributed by atoms with E-state index in [0.29, 0.717) is 17.3 Å². The van der Waals surface area contributed by atoms with Crippen LogP contribution in [0.1, 0.15) is 5.56 Å². The Labute approximate surface area is 146 Å². The predicted octanol–water partition coefficient (Wildman–Crippen LogP) is 4.81. The van der Waals surface area contributed by atoms with E-state index in [1.807, 2.05) is 34.9 Å². The molecular weight excluding hydrogens is 370 g/mol. The van der Waals surface area contributed by atoms with Gasteiger partial charge in [-0.25, -0.2) is 9.98 Å². The van der Waals surface area contributed by atoms with Gasteiger partial charge in [-0.2, -0.15) is 0 Å². The van der Waals surface area contributed by atoms with Crippen LogP contribution in [0.15, 0.2) is 74.9 Å². The van der Waals surface area contributed by atoms with Crippen LogP contribution in [0.4, 0.5) is 5.82 Å². The molecule has 0 radical (unpaired) electrons. The number of hydrogen-bond acceptors (Lipinski definition) is 4. The molecule has 1 N–H and O–H groups in total. The Bertz CT molecular complexity index is 1020. The van der Waals surface area contributed by atoms with E-state index in [9.17, 15) is 5.11 Å². The molecule has 3 aromatic heterocycles. The molecule has 0 unspecified atom stereocenters. The molecule has 4 aromatic rings. The maximum Gasteiger partial charge on any atom is 0.168 e. The van der Waals surface area contributed by atoms with Crippen molar-refractivity contribution in [2.45, 2.75) is 0 Å². The van der Waals surface area contributed by atoms with Crippen LogP contribution in [0.2, 0.25) is 0 Å². The number of hydrogen-bond donors (Lipinski definition) is 1. The largest absolute Gasteiger partial charge is 0.508 e. The first-order chi connectivity index (χ1) is 11.7. The second kappa shape index (κ2) is 5.98. The molecule has 24 heavy (non-hydrogen) atoms. The molecule has 0 saturated heterocycles. The summed E-state index contributed by atoms with van der Waals surface area (Å²) < 4.78 is 8.32. The lowest BCUT2D eigenvalue weighted by Crippen LogP contribution is -1.85. The van der Waals surface area contributed by atoms with E-state index >= 15 is 0 Å². The van der Waals surface area contributed by atoms with E-state index in [2.05, 4.69) is 25.9 Å². The molecule has 0 bridgehead atoms. The van der Waals surface area contributed by atoms with Crippen LogP contribution in [0.25, 0.3) is 17.1 Å². The number of imidazole rings is 1. The number of aliphatic imine (C=N–C) groups is 1. The fraction of sp³-hybridized carbons (Fsp3) is 0. The van der Waals surface area contributed by atoms with Crippen LogP contribution >= 0.6 is 15.9 Å². The fourth-order valence-electron chi connectivity index (χ4n) is 2.40. The van der Waals surface area contributed by atoms with E-state index in [1.54, 1.807) is 36.7 Å². The smallest absolute Gasteiger partial charge is 0.168 e. The van der Waals surface area contributed by atoms with Crippen LogP contribution in [0.5, 0.6) is 5.75 Å². The predicted molar refractivity (Wildman–Crippen MR) is 96.0 cm³/mol. The van der Waals surface area contributed by atoms with Gasteiger partial charge in [0.25, 0.3) is 0 Å². The van der Waals surface area contributed by atoms with Crippen molar-refractivity contribution in [1.29, 1.82) is 0 Å². The number of pyridine rings is 1. The molecule has 1 aromatic carbocycles. The van der Waals surface area contributed by atoms with Gasteiger partial charge in [0.15, 0.2) is 17.3 Å². The van der Waals surface area contributed by atoms with Crippen LogP contribution in [-0.4, -0.2) is 20.7 Å². The molecule has 3 heterocycles. The van der Waals surface area contributed by atoms with E-state index in [0.717, 1.165) is 15.7 Å². The second-order valence-corrected chi connectivity index (χ2v) is 6.10. The number of fused-ring (bicyclic) bond motifs is 1. The van der Waals surface area contributed by atoms with Gasteiger partial charge in [0.05, 0.1) is 6.26 Å². The zero-order valence-electron chi connectivity index (χ0n) is 12.4. The lowest BCUT2D eigenvalue weighted by molar-refractivity contribution is 0.475. The third-order valence-corrected chi connectivity index (χ3v) is 4.01. The third kappa shape index (κ3) is 2.72. The van der Waals surface area contributed by atoms with Gasteiger partial charge in [-0.3, -0.25) is 4.40 Å². The lowest BCUT2D eigenvalue weighted by Gasteiger charge is -1.99. The van der Waals surface area contributed by atoms with Crippen molar-refractivity contribution >= 4 is 33.6 Å². The summed E-state index contributed by atoms with van der Waals surface area (Å²) in [6.07, 6.45) is 5.26. The number of phenolic OH excluding ortho intramolecular Hbond substituents is 1. The first kappa shape index (κ1) is 14.7. The Morgan fingerprint density at radius 2 is 1.96 bits per heavy atom. The highest BCUT2D eigenvalue weighted by Gasteiger charge is 2.15. The average Bonchev–Trinajstić information content (AvgIpc) is 3.21. The number of benzene rings is 1. The van der Waals surface area contributed by atoms with E-state index < -0.39 is 0 Å². The Morgan fingerprint density at radius 3 is 2.71 bits per heavy atom. The lowest BCUT2D eigenvalue weighted by atomic mass is 10.2. The number of furan rings is 1. The zero-order valence-corrected chi connectivity index (χ0v) is 14.0. The minimum atomic E-state index is 0.224. The highest BCUT2D eigenvalue weighted by molar-refractivity contribution is 9.10. The van der Waals surface area contributed by atoms with Gasteiger partial charge in [-0.15, -0.1) is 0 Å². The number of aromatic hydroxyl groups is 1. The van der Waals surface area contributed by atoms with Crippen LogP contribution < -0.4 is 0 Å². The summed E-state index contributed by atoms with van der Waals surface area (Å²) in [5.41, 5.74) is 2.33. The maximum atomic E-state index is 9.37. The number of phenols is 1. The number of halogens is 1. The van der Waals surface area contributed by atoms with Crippen molar-refractivity contribution in [2.24, 2.45) is 4.99 Å². The standard InChI is InChI=1S/C18H12BrN3O2/c19-13-5-8-16-21-17(15-2-1-9-24-15)18(22(16)11-13)20-10-12-3-6-14(23)7-4-12/h1-11,23H. The van der Waals surface area contributed by atoms with Crippen LogP contribution in [-0.2, 0) is 0 Å². The third-order valence-electron chi connectivity index (χ3n) is 3.54. The van der Waals surface area contributed by atoms with Crippen molar-refractivity contribution in [2.75, 3.05) is 0 Å². The summed E-state index contributed by atoms with van der Waals surface area (Å²) in [5, 5.41) is 9.37. The summed E-state index contributed by atoms with van der Waals surface area (Å²) in [5.74, 6) is 1.56. The minimum Gasteiger partial charge on any atom is -0.508 e. The quantitative estimate of drug-likeness (QED) is 0.517. The molecule has 0 saturated carbocycles. The molecule has 0 aliphatic rings. The first-order valence-electron chi connectivity index (χ1n) is 7.25. The molecule has 0 amide bonds. The van der Waals surface area contributed by atoms with Gasteiger partial charge in [-0.05, 0) is 70.0 Å². The Kier molecular flexibility index (Phi) is 3.66. The van der Waals surface area contributed by atoms with Gasteiger partial charge in [0.1, 0.15) is 11.4 Å². The molecule has 4 rings (SSSR count). The highest BCUT2D eigenvalue weighted by Crippen LogP contribution is 2.32. The Morgan fingerprint density at radius 1 is 1.12 bits per heavy atom. The first-order valence-corrected chi connectivity index (χ1v) is 8.04. The molecule has 0 aliphatic carbocycles. The van der Waals surface area contributed by atoms with Gasteiger partial charge < -0.3 is 9.52 Å². The van der Waals surface area contributed by atoms with Gasteiger partial charge >= 0.3 is 0 Å². The van der Waals surface area contributed by atoms with Gasteiger partial charge in [-0.1, -0.05) is 0 Å². The van der Waals surface area contributed by atoms with Crippen molar-refractivity contribution < 1.29 is 9.52 Å². The summed E-state index contributed by atoms with van der Waals surface area (Å²) in [6, 6.07) is 14.4. The highest BCUT2D eigenvalue weighted by atomic mass is 79.9. The molecule has 0 aliphatic heterocycles. The van der Waals surface area contributed by atoms with Crippen molar-refractivity contribution in [1.82, 2.24) is 9.38 Å². The summed E-state index contributed by atoms with van der Waals surface area (Å²) in [4.78, 5) is 9.22. The molecule has 0 fully saturated rings. The number of aromatic nitrogens is 2. The topological polar surface area (TPSA) is 63.0 Å². The van der Waals surface area contributed by atoms with Crippen molar-refractivity contribution in [3.63, 3.8) is 0 Å². The Balaban J connectivity index is 1.87. The molecular formula is C18H12BrN3O2. The van der Waals surface area contributed by atoms with E-state index in [1.165, 1.54) is 0 Å². The normalized spacial score (nSPS) is 11.5. The number of nitrogens with zero attached hydrogens (tertiary/aromatic N) is 3. The minimum absolute atomic E-state index is 0.224. The SMILES string of the molecule is Oc1ccc(C=Nc2c(-c3ccco3)nc3ccc(Br)cn23)cc1. The zero-order chi connectivity index (χ0) is 16.5. The van der Waals surface area contributed by atoms with Crippen LogP contribution in [0.3, 0.4) is 0 Å². The summed E-state index contributed by atoms with van der Waals surface area (Å²) in [6.45, 7) is 0. The fourth-order valence-corrected chi connectivity index (χ4v) is 2.74. The molecule has 0 spiro atoms.